The maximum absolute atomic E-state index is 12.0. The summed E-state index contributed by atoms with van der Waals surface area (Å²) in [5.74, 6) is 2.89. The Morgan fingerprint density at radius 2 is 2.32 bits per heavy atom. The SMILES string of the molecule is CCCCSCCN1C(=O)SC[C@@H]1/C=C/[C@@H](O)Cc1cccc(Cl)c1. The zero-order valence-electron chi connectivity index (χ0n) is 14.6. The van der Waals surface area contributed by atoms with Crippen LogP contribution in [0.3, 0.4) is 0 Å². The number of carbonyl (C=O) groups is 1. The van der Waals surface area contributed by atoms with Crippen molar-refractivity contribution in [3.8, 4) is 0 Å². The Labute approximate surface area is 164 Å². The summed E-state index contributed by atoms with van der Waals surface area (Å²) in [5.41, 5.74) is 1.01. The van der Waals surface area contributed by atoms with Crippen LogP contribution in [0.15, 0.2) is 36.4 Å². The Kier molecular flexibility index (Phi) is 9.24. The molecule has 25 heavy (non-hydrogen) atoms. The van der Waals surface area contributed by atoms with E-state index in [1.165, 1.54) is 24.6 Å². The van der Waals surface area contributed by atoms with Crippen molar-refractivity contribution >= 4 is 40.4 Å². The van der Waals surface area contributed by atoms with Gasteiger partial charge in [0.05, 0.1) is 12.1 Å². The van der Waals surface area contributed by atoms with Crippen LogP contribution >= 0.6 is 35.1 Å². The first-order chi connectivity index (χ1) is 12.1. The number of aliphatic hydroxyl groups is 1. The standard InChI is InChI=1S/C19H26ClNO2S2/c1-2-3-10-24-11-9-21-17(14-25-19(21)23)7-8-18(22)13-15-5-4-6-16(20)12-15/h4-8,12,17-18,22H,2-3,9-11,13-14H2,1H3/b8-7+/t17-,18+/m0/s1. The van der Waals surface area contributed by atoms with Gasteiger partial charge < -0.3 is 10.0 Å². The molecular weight excluding hydrogens is 374 g/mol. The fourth-order valence-electron chi connectivity index (χ4n) is 2.62. The summed E-state index contributed by atoms with van der Waals surface area (Å²) in [6.45, 7) is 2.97. The van der Waals surface area contributed by atoms with Crippen LogP contribution in [-0.4, -0.2) is 51.2 Å². The zero-order valence-corrected chi connectivity index (χ0v) is 17.0. The molecule has 0 aliphatic carbocycles. The molecule has 0 spiro atoms. The number of hydrogen-bond donors (Lipinski definition) is 1. The van der Waals surface area contributed by atoms with Crippen molar-refractivity contribution in [1.29, 1.82) is 0 Å². The lowest BCUT2D eigenvalue weighted by atomic mass is 10.1. The molecule has 1 amide bonds. The van der Waals surface area contributed by atoms with E-state index in [2.05, 4.69) is 6.92 Å². The number of aliphatic hydroxyl groups excluding tert-OH is 1. The first-order valence-corrected chi connectivity index (χ1v) is 11.2. The number of amides is 1. The average molecular weight is 400 g/mol. The van der Waals surface area contributed by atoms with E-state index in [-0.39, 0.29) is 11.3 Å². The molecule has 0 saturated carbocycles. The van der Waals surface area contributed by atoms with Gasteiger partial charge in [0.25, 0.3) is 5.24 Å². The van der Waals surface area contributed by atoms with E-state index < -0.39 is 6.10 Å². The van der Waals surface area contributed by atoms with Gasteiger partial charge in [-0.1, -0.05) is 61.0 Å². The van der Waals surface area contributed by atoms with Crippen LogP contribution in [0.4, 0.5) is 4.79 Å². The third-order valence-corrected chi connectivity index (χ3v) is 6.29. The van der Waals surface area contributed by atoms with Gasteiger partial charge in [-0.25, -0.2) is 0 Å². The number of hydrogen-bond acceptors (Lipinski definition) is 4. The van der Waals surface area contributed by atoms with E-state index in [0.29, 0.717) is 11.4 Å². The van der Waals surface area contributed by atoms with Gasteiger partial charge >= 0.3 is 0 Å². The molecule has 0 bridgehead atoms. The molecule has 1 saturated heterocycles. The monoisotopic (exact) mass is 399 g/mol. The number of unbranched alkanes of at least 4 members (excludes halogenated alkanes) is 1. The van der Waals surface area contributed by atoms with Crippen molar-refractivity contribution in [3.05, 3.63) is 47.0 Å². The van der Waals surface area contributed by atoms with Crippen LogP contribution in [-0.2, 0) is 6.42 Å². The molecule has 0 radical (unpaired) electrons. The molecule has 2 rings (SSSR count). The van der Waals surface area contributed by atoms with Crippen molar-refractivity contribution in [2.75, 3.05) is 23.8 Å². The summed E-state index contributed by atoms with van der Waals surface area (Å²) in [5, 5.41) is 11.1. The molecule has 6 heteroatoms. The van der Waals surface area contributed by atoms with Crippen LogP contribution in [0, 0.1) is 0 Å². The Morgan fingerprint density at radius 1 is 1.48 bits per heavy atom. The van der Waals surface area contributed by atoms with Crippen LogP contribution in [0.25, 0.3) is 0 Å². The largest absolute Gasteiger partial charge is 0.389 e. The lowest BCUT2D eigenvalue weighted by Gasteiger charge is -2.21. The van der Waals surface area contributed by atoms with Crippen LogP contribution < -0.4 is 0 Å². The van der Waals surface area contributed by atoms with Crippen molar-refractivity contribution < 1.29 is 9.90 Å². The highest BCUT2D eigenvalue weighted by atomic mass is 35.5. The Bertz CT molecular complexity index is 582. The van der Waals surface area contributed by atoms with E-state index in [9.17, 15) is 9.90 Å². The van der Waals surface area contributed by atoms with Crippen LogP contribution in [0.1, 0.15) is 25.3 Å². The molecule has 1 aliphatic rings. The van der Waals surface area contributed by atoms with Gasteiger partial charge in [0.2, 0.25) is 0 Å². The van der Waals surface area contributed by atoms with Gasteiger partial charge in [0.15, 0.2) is 0 Å². The van der Waals surface area contributed by atoms with Crippen molar-refractivity contribution in [1.82, 2.24) is 4.90 Å². The third-order valence-electron chi connectivity index (χ3n) is 4.02. The summed E-state index contributed by atoms with van der Waals surface area (Å²) in [6, 6.07) is 7.62. The number of benzene rings is 1. The van der Waals surface area contributed by atoms with E-state index in [4.69, 9.17) is 11.6 Å². The quantitative estimate of drug-likeness (QED) is 0.450. The van der Waals surface area contributed by atoms with Gasteiger partial charge in [-0.05, 0) is 29.9 Å². The van der Waals surface area contributed by atoms with Crippen molar-refractivity contribution in [3.63, 3.8) is 0 Å². The van der Waals surface area contributed by atoms with Gasteiger partial charge in [0.1, 0.15) is 0 Å². The summed E-state index contributed by atoms with van der Waals surface area (Å²) in [7, 11) is 0. The van der Waals surface area contributed by atoms with Crippen LogP contribution in [0.5, 0.6) is 0 Å². The van der Waals surface area contributed by atoms with E-state index >= 15 is 0 Å². The first-order valence-electron chi connectivity index (χ1n) is 8.72. The lowest BCUT2D eigenvalue weighted by Crippen LogP contribution is -2.34. The first kappa shape index (κ1) is 20.7. The van der Waals surface area contributed by atoms with E-state index in [0.717, 1.165) is 29.4 Å². The van der Waals surface area contributed by atoms with Gasteiger partial charge in [-0.2, -0.15) is 11.8 Å². The van der Waals surface area contributed by atoms with Gasteiger partial charge in [-0.3, -0.25) is 4.79 Å². The maximum Gasteiger partial charge on any atom is 0.282 e. The number of carbonyl (C=O) groups excluding carboxylic acids is 1. The third kappa shape index (κ3) is 7.26. The van der Waals surface area contributed by atoms with Crippen molar-refractivity contribution in [2.24, 2.45) is 0 Å². The number of rotatable bonds is 10. The second kappa shape index (κ2) is 11.2. The normalized spacial score (nSPS) is 19.1. The minimum absolute atomic E-state index is 0.0817. The molecule has 3 nitrogen and oxygen atoms in total. The molecular formula is C19H26ClNO2S2. The predicted molar refractivity (Wildman–Crippen MR) is 111 cm³/mol. The minimum atomic E-state index is -0.569. The van der Waals surface area contributed by atoms with E-state index in [1.54, 1.807) is 0 Å². The number of thioether (sulfide) groups is 2. The predicted octanol–water partition coefficient (Wildman–Crippen LogP) is 4.87. The van der Waals surface area contributed by atoms with E-state index in [1.807, 2.05) is 53.1 Å². The molecule has 1 N–H and O–H groups in total. The second-order valence-electron chi connectivity index (χ2n) is 6.09. The summed E-state index contributed by atoms with van der Waals surface area (Å²) >= 11 is 9.25. The summed E-state index contributed by atoms with van der Waals surface area (Å²) in [6.07, 6.45) is 6.18. The van der Waals surface area contributed by atoms with Crippen LogP contribution in [0.2, 0.25) is 5.02 Å². The summed E-state index contributed by atoms with van der Waals surface area (Å²) in [4.78, 5) is 14.0. The maximum atomic E-state index is 12.0. The minimum Gasteiger partial charge on any atom is -0.389 e. The fraction of sp³-hybridized carbons (Fsp3) is 0.526. The summed E-state index contributed by atoms with van der Waals surface area (Å²) < 4.78 is 0. The van der Waals surface area contributed by atoms with Crippen molar-refractivity contribution in [2.45, 2.75) is 38.3 Å². The highest BCUT2D eigenvalue weighted by Gasteiger charge is 2.29. The van der Waals surface area contributed by atoms with Gasteiger partial charge in [-0.15, -0.1) is 0 Å². The molecule has 2 atom stereocenters. The Hall–Kier alpha value is -0.620. The Morgan fingerprint density at radius 3 is 3.08 bits per heavy atom. The van der Waals surface area contributed by atoms with Gasteiger partial charge in [0, 0.05) is 29.5 Å². The molecule has 138 valence electrons. The molecule has 0 unspecified atom stereocenters. The zero-order chi connectivity index (χ0) is 18.1. The molecule has 1 fully saturated rings. The average Bonchev–Trinajstić information content (AvgIpc) is 2.93. The fourth-order valence-corrected chi connectivity index (χ4v) is 4.86. The highest BCUT2D eigenvalue weighted by Crippen LogP contribution is 2.25. The molecule has 0 aromatic heterocycles. The smallest absolute Gasteiger partial charge is 0.282 e. The molecule has 1 aromatic rings. The lowest BCUT2D eigenvalue weighted by molar-refractivity contribution is 0.217. The Balaban J connectivity index is 1.82. The topological polar surface area (TPSA) is 40.5 Å². The second-order valence-corrected chi connectivity index (χ2v) is 8.72. The number of nitrogens with zero attached hydrogens (tertiary/aromatic N) is 1. The highest BCUT2D eigenvalue weighted by molar-refractivity contribution is 8.13. The molecule has 1 aliphatic heterocycles. The molecule has 1 heterocycles. The molecule has 1 aromatic carbocycles. The number of halogens is 1.